The summed E-state index contributed by atoms with van der Waals surface area (Å²) >= 11 is 0. The van der Waals surface area contributed by atoms with Crippen LogP contribution in [0.2, 0.25) is 0 Å². The van der Waals surface area contributed by atoms with Crippen LogP contribution >= 0.6 is 0 Å². The van der Waals surface area contributed by atoms with Gasteiger partial charge in [0.1, 0.15) is 0 Å². The summed E-state index contributed by atoms with van der Waals surface area (Å²) in [4.78, 5) is 19.3. The second kappa shape index (κ2) is 8.28. The van der Waals surface area contributed by atoms with Crippen LogP contribution in [0.4, 0.5) is 5.69 Å². The average Bonchev–Trinajstić information content (AvgIpc) is 2.68. The van der Waals surface area contributed by atoms with Crippen molar-refractivity contribution in [1.29, 1.82) is 0 Å². The number of benzene rings is 2. The van der Waals surface area contributed by atoms with Gasteiger partial charge in [0.15, 0.2) is 0 Å². The smallest absolute Gasteiger partial charge is 0.243 e. The maximum absolute atomic E-state index is 12.8. The number of amides is 1. The summed E-state index contributed by atoms with van der Waals surface area (Å²) in [7, 11) is 1.86. The number of para-hydroxylation sites is 1. The molecular formula is C21H27N3O. The number of rotatable bonds is 5. The molecule has 132 valence electrons. The van der Waals surface area contributed by atoms with E-state index in [1.165, 1.54) is 5.56 Å². The molecule has 4 heteroatoms. The molecule has 0 aromatic heterocycles. The van der Waals surface area contributed by atoms with E-state index in [-0.39, 0.29) is 11.9 Å². The highest BCUT2D eigenvalue weighted by atomic mass is 16.2. The zero-order valence-electron chi connectivity index (χ0n) is 15.1. The topological polar surface area (TPSA) is 26.8 Å². The molecule has 0 saturated carbocycles. The molecular weight excluding hydrogens is 310 g/mol. The van der Waals surface area contributed by atoms with Crippen LogP contribution in [-0.4, -0.2) is 55.0 Å². The van der Waals surface area contributed by atoms with E-state index in [1.807, 2.05) is 44.3 Å². The van der Waals surface area contributed by atoms with Gasteiger partial charge in [-0.1, -0.05) is 48.5 Å². The molecule has 1 aliphatic heterocycles. The Kier molecular flexibility index (Phi) is 5.84. The minimum Gasteiger partial charge on any atom is -0.314 e. The van der Waals surface area contributed by atoms with E-state index in [4.69, 9.17) is 0 Å². The van der Waals surface area contributed by atoms with Gasteiger partial charge < -0.3 is 4.90 Å². The van der Waals surface area contributed by atoms with Gasteiger partial charge in [-0.25, -0.2) is 0 Å². The van der Waals surface area contributed by atoms with Gasteiger partial charge in [-0.3, -0.25) is 14.6 Å². The third kappa shape index (κ3) is 4.47. The van der Waals surface area contributed by atoms with Crippen molar-refractivity contribution in [1.82, 2.24) is 9.80 Å². The molecule has 2 aromatic carbocycles. The number of piperazine rings is 1. The molecule has 0 N–H and O–H groups in total. The van der Waals surface area contributed by atoms with Crippen LogP contribution in [0.5, 0.6) is 0 Å². The second-order valence-electron chi connectivity index (χ2n) is 6.71. The first-order chi connectivity index (χ1) is 12.1. The molecule has 1 aliphatic rings. The van der Waals surface area contributed by atoms with E-state index in [9.17, 15) is 4.79 Å². The number of carbonyl (C=O) groups excluding carboxylic acids is 1. The van der Waals surface area contributed by atoms with E-state index < -0.39 is 0 Å². The number of hydrogen-bond acceptors (Lipinski definition) is 3. The lowest BCUT2D eigenvalue weighted by Gasteiger charge is -2.38. The van der Waals surface area contributed by atoms with E-state index in [2.05, 4.69) is 40.1 Å². The van der Waals surface area contributed by atoms with E-state index in [0.717, 1.165) is 38.4 Å². The van der Waals surface area contributed by atoms with Crippen molar-refractivity contribution in [2.75, 3.05) is 38.1 Å². The minimum absolute atomic E-state index is 0.0934. The summed E-state index contributed by atoms with van der Waals surface area (Å²) in [5.41, 5.74) is 2.30. The van der Waals surface area contributed by atoms with Crippen molar-refractivity contribution < 1.29 is 4.79 Å². The Balaban J connectivity index is 1.52. The van der Waals surface area contributed by atoms with Gasteiger partial charge in [0.25, 0.3) is 0 Å². The van der Waals surface area contributed by atoms with Crippen molar-refractivity contribution in [2.45, 2.75) is 19.5 Å². The van der Waals surface area contributed by atoms with Crippen LogP contribution in [0.3, 0.4) is 0 Å². The van der Waals surface area contributed by atoms with Crippen molar-refractivity contribution in [2.24, 2.45) is 0 Å². The second-order valence-corrected chi connectivity index (χ2v) is 6.71. The Morgan fingerprint density at radius 1 is 0.960 bits per heavy atom. The van der Waals surface area contributed by atoms with Crippen LogP contribution in [0.25, 0.3) is 0 Å². The van der Waals surface area contributed by atoms with Crippen LogP contribution in [0, 0.1) is 0 Å². The molecule has 4 nitrogen and oxygen atoms in total. The minimum atomic E-state index is -0.0934. The van der Waals surface area contributed by atoms with E-state index >= 15 is 0 Å². The average molecular weight is 337 g/mol. The van der Waals surface area contributed by atoms with Crippen molar-refractivity contribution in [3.8, 4) is 0 Å². The van der Waals surface area contributed by atoms with Gasteiger partial charge in [0, 0.05) is 45.5 Å². The first kappa shape index (κ1) is 17.6. The summed E-state index contributed by atoms with van der Waals surface area (Å²) in [6.45, 7) is 6.88. The Labute approximate surface area is 150 Å². The van der Waals surface area contributed by atoms with Gasteiger partial charge in [-0.15, -0.1) is 0 Å². The molecule has 1 unspecified atom stereocenters. The number of nitrogens with zero attached hydrogens (tertiary/aromatic N) is 3. The fourth-order valence-electron chi connectivity index (χ4n) is 3.37. The fraction of sp³-hybridized carbons (Fsp3) is 0.381. The molecule has 25 heavy (non-hydrogen) atoms. The first-order valence-electron chi connectivity index (χ1n) is 8.98. The monoisotopic (exact) mass is 337 g/mol. The van der Waals surface area contributed by atoms with Crippen LogP contribution in [-0.2, 0) is 11.3 Å². The summed E-state index contributed by atoms with van der Waals surface area (Å²) in [5.74, 6) is 0.155. The summed E-state index contributed by atoms with van der Waals surface area (Å²) < 4.78 is 0. The van der Waals surface area contributed by atoms with Gasteiger partial charge in [0.05, 0.1) is 6.04 Å². The molecule has 1 atom stereocenters. The Hall–Kier alpha value is -2.17. The Morgan fingerprint density at radius 2 is 1.52 bits per heavy atom. The Bertz CT molecular complexity index is 666. The third-order valence-corrected chi connectivity index (χ3v) is 5.04. The lowest BCUT2D eigenvalue weighted by molar-refractivity contribution is -0.123. The number of carbonyl (C=O) groups is 1. The summed E-state index contributed by atoms with van der Waals surface area (Å²) in [6.07, 6.45) is 0. The lowest BCUT2D eigenvalue weighted by atomic mass is 10.1. The predicted molar refractivity (Wildman–Crippen MR) is 103 cm³/mol. The number of hydrogen-bond donors (Lipinski definition) is 0. The molecule has 0 radical (unpaired) electrons. The van der Waals surface area contributed by atoms with Crippen molar-refractivity contribution in [3.63, 3.8) is 0 Å². The lowest BCUT2D eigenvalue weighted by Crippen LogP contribution is -2.53. The van der Waals surface area contributed by atoms with Gasteiger partial charge >= 0.3 is 0 Å². The summed E-state index contributed by atoms with van der Waals surface area (Å²) in [6, 6.07) is 20.3. The molecule has 1 heterocycles. The number of likely N-dealkylation sites (N-methyl/N-ethyl adjacent to an activating group) is 1. The highest BCUT2D eigenvalue weighted by Crippen LogP contribution is 2.16. The van der Waals surface area contributed by atoms with E-state index in [0.29, 0.717) is 0 Å². The quantitative estimate of drug-likeness (QED) is 0.839. The van der Waals surface area contributed by atoms with Gasteiger partial charge in [-0.05, 0) is 24.6 Å². The van der Waals surface area contributed by atoms with Gasteiger partial charge in [0.2, 0.25) is 5.91 Å². The molecule has 0 bridgehead atoms. The van der Waals surface area contributed by atoms with Gasteiger partial charge in [-0.2, -0.15) is 0 Å². The van der Waals surface area contributed by atoms with Crippen LogP contribution in [0.15, 0.2) is 60.7 Å². The van der Waals surface area contributed by atoms with Crippen LogP contribution in [0.1, 0.15) is 12.5 Å². The SMILES string of the molecule is CC(C(=O)N(C)c1ccccc1)N1CCN(Cc2ccccc2)CC1. The fourth-order valence-corrected chi connectivity index (χ4v) is 3.37. The molecule has 3 rings (SSSR count). The zero-order valence-corrected chi connectivity index (χ0v) is 15.1. The molecule has 1 amide bonds. The Morgan fingerprint density at radius 3 is 2.12 bits per heavy atom. The highest BCUT2D eigenvalue weighted by molar-refractivity contribution is 5.96. The van der Waals surface area contributed by atoms with Crippen molar-refractivity contribution >= 4 is 11.6 Å². The molecule has 2 aromatic rings. The maximum Gasteiger partial charge on any atom is 0.243 e. The molecule has 1 saturated heterocycles. The molecule has 1 fully saturated rings. The standard InChI is InChI=1S/C21H27N3O/c1-18(21(25)22(2)20-11-7-4-8-12-20)24-15-13-23(14-16-24)17-19-9-5-3-6-10-19/h3-12,18H,13-17H2,1-2H3. The summed E-state index contributed by atoms with van der Waals surface area (Å²) in [5, 5.41) is 0. The third-order valence-electron chi connectivity index (χ3n) is 5.04. The largest absolute Gasteiger partial charge is 0.314 e. The predicted octanol–water partition coefficient (Wildman–Crippen LogP) is 2.86. The molecule has 0 aliphatic carbocycles. The number of anilines is 1. The van der Waals surface area contributed by atoms with Crippen molar-refractivity contribution in [3.05, 3.63) is 66.2 Å². The van der Waals surface area contributed by atoms with E-state index in [1.54, 1.807) is 4.90 Å². The normalized spacial score (nSPS) is 17.2. The first-order valence-corrected chi connectivity index (χ1v) is 8.98. The molecule has 0 spiro atoms. The highest BCUT2D eigenvalue weighted by Gasteiger charge is 2.27. The van der Waals surface area contributed by atoms with Crippen LogP contribution < -0.4 is 4.90 Å². The maximum atomic E-state index is 12.8. The zero-order chi connectivity index (χ0) is 17.6.